The highest BCUT2D eigenvalue weighted by molar-refractivity contribution is 9.10. The largest absolute Gasteiger partial charge is 0.481 e. The van der Waals surface area contributed by atoms with Gasteiger partial charge in [-0.1, -0.05) is 40.2 Å². The van der Waals surface area contributed by atoms with Crippen LogP contribution in [0.15, 0.2) is 40.9 Å². The molecule has 0 aliphatic carbocycles. The van der Waals surface area contributed by atoms with Crippen LogP contribution in [0.3, 0.4) is 0 Å². The van der Waals surface area contributed by atoms with Crippen LogP contribution in [0.4, 0.5) is 0 Å². The summed E-state index contributed by atoms with van der Waals surface area (Å²) in [7, 11) is 0. The van der Waals surface area contributed by atoms with E-state index in [4.69, 9.17) is 5.11 Å². The molecule has 0 saturated carbocycles. The molecule has 0 atom stereocenters. The molecule has 3 nitrogen and oxygen atoms in total. The van der Waals surface area contributed by atoms with Crippen LogP contribution in [-0.2, 0) is 4.79 Å². The molecule has 1 N–H and O–H groups in total. The minimum atomic E-state index is -0.867. The Hall–Kier alpha value is -1.68. The van der Waals surface area contributed by atoms with E-state index in [2.05, 4.69) is 15.9 Å². The Morgan fingerprint density at radius 1 is 1.00 bits per heavy atom. The first-order chi connectivity index (χ1) is 9.09. The zero-order valence-corrected chi connectivity index (χ0v) is 11.8. The fraction of sp³-hybridized carbons (Fsp3) is 0.200. The molecule has 2 aromatic carbocycles. The average molecular weight is 321 g/mol. The number of Topliss-reactive ketones (excluding diaryl/α,β-unsaturated/α-hetero) is 1. The number of aliphatic carboxylic acids is 1. The highest BCUT2D eigenvalue weighted by atomic mass is 79.9. The number of hydrogen-bond donors (Lipinski definition) is 1. The lowest BCUT2D eigenvalue weighted by Crippen LogP contribution is -2.02. The van der Waals surface area contributed by atoms with Gasteiger partial charge in [0, 0.05) is 22.9 Å². The van der Waals surface area contributed by atoms with Crippen molar-refractivity contribution in [2.45, 2.75) is 19.3 Å². The van der Waals surface area contributed by atoms with Gasteiger partial charge in [-0.3, -0.25) is 9.59 Å². The van der Waals surface area contributed by atoms with Crippen LogP contribution in [0, 0.1) is 0 Å². The first kappa shape index (κ1) is 13.7. The summed E-state index contributed by atoms with van der Waals surface area (Å²) in [6, 6.07) is 11.3. The smallest absolute Gasteiger partial charge is 0.303 e. The highest BCUT2D eigenvalue weighted by Crippen LogP contribution is 2.27. The van der Waals surface area contributed by atoms with E-state index in [1.807, 2.05) is 30.3 Å². The summed E-state index contributed by atoms with van der Waals surface area (Å²) >= 11 is 3.46. The van der Waals surface area contributed by atoms with Gasteiger partial charge in [0.05, 0.1) is 0 Å². The normalized spacial score (nSPS) is 10.6. The van der Waals surface area contributed by atoms with Crippen LogP contribution < -0.4 is 0 Å². The Bertz CT molecular complexity index is 634. The third-order valence-electron chi connectivity index (χ3n) is 2.97. The van der Waals surface area contributed by atoms with Gasteiger partial charge in [0.15, 0.2) is 5.78 Å². The summed E-state index contributed by atoms with van der Waals surface area (Å²) < 4.78 is 0.949. The predicted molar refractivity (Wildman–Crippen MR) is 77.5 cm³/mol. The Morgan fingerprint density at radius 2 is 1.68 bits per heavy atom. The second-order valence-corrected chi connectivity index (χ2v) is 5.17. The van der Waals surface area contributed by atoms with Crippen LogP contribution >= 0.6 is 15.9 Å². The molecular formula is C15H13BrO3. The molecule has 19 heavy (non-hydrogen) atoms. The second kappa shape index (κ2) is 5.97. The van der Waals surface area contributed by atoms with Crippen molar-refractivity contribution in [1.29, 1.82) is 0 Å². The van der Waals surface area contributed by atoms with Crippen molar-refractivity contribution in [1.82, 2.24) is 0 Å². The highest BCUT2D eigenvalue weighted by Gasteiger charge is 2.11. The van der Waals surface area contributed by atoms with Gasteiger partial charge in [0.1, 0.15) is 0 Å². The van der Waals surface area contributed by atoms with Gasteiger partial charge >= 0.3 is 5.97 Å². The van der Waals surface area contributed by atoms with E-state index < -0.39 is 5.97 Å². The number of carboxylic acid groups (broad SMARTS) is 1. The quantitative estimate of drug-likeness (QED) is 0.846. The summed E-state index contributed by atoms with van der Waals surface area (Å²) in [5.41, 5.74) is 0.657. The van der Waals surface area contributed by atoms with Crippen LogP contribution in [0.1, 0.15) is 29.6 Å². The maximum Gasteiger partial charge on any atom is 0.303 e. The zero-order chi connectivity index (χ0) is 13.8. The van der Waals surface area contributed by atoms with E-state index in [0.29, 0.717) is 12.0 Å². The molecule has 0 unspecified atom stereocenters. The number of rotatable bonds is 5. The molecular weight excluding hydrogens is 308 g/mol. The molecule has 0 heterocycles. The summed E-state index contributed by atoms with van der Waals surface area (Å²) in [4.78, 5) is 22.6. The summed E-state index contributed by atoms with van der Waals surface area (Å²) in [5, 5.41) is 10.5. The number of carboxylic acids is 1. The second-order valence-electron chi connectivity index (χ2n) is 4.31. The van der Waals surface area contributed by atoms with Crippen LogP contribution in [0.25, 0.3) is 10.8 Å². The maximum atomic E-state index is 12.1. The summed E-state index contributed by atoms with van der Waals surface area (Å²) in [6.45, 7) is 0. The van der Waals surface area contributed by atoms with E-state index in [1.54, 1.807) is 6.07 Å². The lowest BCUT2D eigenvalue weighted by molar-refractivity contribution is -0.137. The molecule has 0 aliphatic heterocycles. The number of halogens is 1. The molecule has 2 rings (SSSR count). The van der Waals surface area contributed by atoms with Gasteiger partial charge < -0.3 is 5.11 Å². The summed E-state index contributed by atoms with van der Waals surface area (Å²) in [5.74, 6) is -0.876. The lowest BCUT2D eigenvalue weighted by atomic mass is 9.98. The lowest BCUT2D eigenvalue weighted by Gasteiger charge is -2.07. The standard InChI is InChI=1S/C15H13BrO3/c16-13-9-8-12(10-4-1-2-5-11(10)13)14(17)6-3-7-15(18)19/h1-2,4-5,8-9H,3,6-7H2,(H,18,19). The van der Waals surface area contributed by atoms with Gasteiger partial charge in [-0.25, -0.2) is 0 Å². The van der Waals surface area contributed by atoms with E-state index in [0.717, 1.165) is 15.2 Å². The van der Waals surface area contributed by atoms with Gasteiger partial charge in [0.25, 0.3) is 0 Å². The van der Waals surface area contributed by atoms with E-state index in [1.165, 1.54) is 0 Å². The third-order valence-corrected chi connectivity index (χ3v) is 3.66. The van der Waals surface area contributed by atoms with Crippen molar-refractivity contribution in [3.05, 3.63) is 46.4 Å². The Morgan fingerprint density at radius 3 is 2.37 bits per heavy atom. The van der Waals surface area contributed by atoms with Crippen molar-refractivity contribution in [3.8, 4) is 0 Å². The van der Waals surface area contributed by atoms with Crippen molar-refractivity contribution < 1.29 is 14.7 Å². The maximum absolute atomic E-state index is 12.1. The van der Waals surface area contributed by atoms with Crippen molar-refractivity contribution in [2.24, 2.45) is 0 Å². The number of hydrogen-bond acceptors (Lipinski definition) is 2. The number of fused-ring (bicyclic) bond motifs is 1. The van der Waals surface area contributed by atoms with Gasteiger partial charge in [-0.15, -0.1) is 0 Å². The molecule has 0 amide bonds. The van der Waals surface area contributed by atoms with Crippen LogP contribution in [0.2, 0.25) is 0 Å². The summed E-state index contributed by atoms with van der Waals surface area (Å²) in [6.07, 6.45) is 0.663. The molecule has 0 aliphatic rings. The molecule has 0 bridgehead atoms. The Balaban J connectivity index is 2.27. The zero-order valence-electron chi connectivity index (χ0n) is 10.2. The van der Waals surface area contributed by atoms with Gasteiger partial charge in [-0.05, 0) is 29.3 Å². The molecule has 0 saturated heterocycles. The first-order valence-corrected chi connectivity index (χ1v) is 6.81. The van der Waals surface area contributed by atoms with Crippen molar-refractivity contribution in [2.75, 3.05) is 0 Å². The van der Waals surface area contributed by atoms with E-state index >= 15 is 0 Å². The van der Waals surface area contributed by atoms with Gasteiger partial charge in [-0.2, -0.15) is 0 Å². The molecule has 98 valence electrons. The SMILES string of the molecule is O=C(O)CCCC(=O)c1ccc(Br)c2ccccc12. The fourth-order valence-electron chi connectivity index (χ4n) is 2.04. The Labute approximate surface area is 119 Å². The molecule has 0 aromatic heterocycles. The van der Waals surface area contributed by atoms with Crippen molar-refractivity contribution in [3.63, 3.8) is 0 Å². The fourth-order valence-corrected chi connectivity index (χ4v) is 2.52. The predicted octanol–water partition coefficient (Wildman–Crippen LogP) is 4.04. The number of benzene rings is 2. The molecule has 2 aromatic rings. The first-order valence-electron chi connectivity index (χ1n) is 6.02. The third kappa shape index (κ3) is 3.20. The monoisotopic (exact) mass is 320 g/mol. The van der Waals surface area contributed by atoms with Gasteiger partial charge in [0.2, 0.25) is 0 Å². The number of carbonyl (C=O) groups excluding carboxylic acids is 1. The van der Waals surface area contributed by atoms with Crippen molar-refractivity contribution >= 4 is 38.5 Å². The number of carbonyl (C=O) groups is 2. The molecule has 0 spiro atoms. The van der Waals surface area contributed by atoms with E-state index in [9.17, 15) is 9.59 Å². The topological polar surface area (TPSA) is 54.4 Å². The van der Waals surface area contributed by atoms with Crippen LogP contribution in [0.5, 0.6) is 0 Å². The Kier molecular flexibility index (Phi) is 4.32. The molecule has 4 heteroatoms. The van der Waals surface area contributed by atoms with Crippen LogP contribution in [-0.4, -0.2) is 16.9 Å². The molecule has 0 fully saturated rings. The minimum Gasteiger partial charge on any atom is -0.481 e. The average Bonchev–Trinajstić information content (AvgIpc) is 2.39. The molecule has 0 radical (unpaired) electrons. The minimum absolute atomic E-state index is 0.00931. The van der Waals surface area contributed by atoms with E-state index in [-0.39, 0.29) is 18.6 Å². The number of ketones is 1.